The lowest BCUT2D eigenvalue weighted by Gasteiger charge is -2.11. The minimum absolute atomic E-state index is 0.0589. The second kappa shape index (κ2) is 6.30. The molecule has 3 rings (SSSR count). The van der Waals surface area contributed by atoms with Gasteiger partial charge in [0, 0.05) is 6.54 Å². The lowest BCUT2D eigenvalue weighted by molar-refractivity contribution is -0.128. The van der Waals surface area contributed by atoms with E-state index in [1.54, 1.807) is 6.07 Å². The Morgan fingerprint density at radius 3 is 2.29 bits per heavy atom. The molecule has 0 atom stereocenters. The number of hydrogen-bond donors (Lipinski definition) is 0. The van der Waals surface area contributed by atoms with Crippen molar-refractivity contribution >= 4 is 34.2 Å². The van der Waals surface area contributed by atoms with Crippen LogP contribution in [0.4, 0.5) is 13.2 Å². The molecule has 2 nitrogen and oxygen atoms in total. The van der Waals surface area contributed by atoms with Crippen LogP contribution in [0, 0.1) is 6.92 Å². The first kappa shape index (κ1) is 17.1. The van der Waals surface area contributed by atoms with Gasteiger partial charge in [-0.15, -0.1) is 0 Å². The Bertz CT molecular complexity index is 883. The van der Waals surface area contributed by atoms with E-state index in [-0.39, 0.29) is 22.4 Å². The molecule has 126 valence electrons. The third-order valence-electron chi connectivity index (χ3n) is 3.69. The highest BCUT2D eigenvalue weighted by Crippen LogP contribution is 2.31. The molecule has 0 saturated heterocycles. The standard InChI is InChI=1S/C17H13Cl2F3N2/c1-10-2-4-11(5-3-10)9-24-15-7-13(19)12(18)6-14(15)23-16(24)8-17(20,21)22/h2-7H,8-9H2,1H3. The summed E-state index contributed by atoms with van der Waals surface area (Å²) in [5.41, 5.74) is 2.90. The quantitative estimate of drug-likeness (QED) is 0.567. The largest absolute Gasteiger partial charge is 0.396 e. The van der Waals surface area contributed by atoms with Gasteiger partial charge in [-0.3, -0.25) is 0 Å². The van der Waals surface area contributed by atoms with Crippen LogP contribution in [0.1, 0.15) is 17.0 Å². The summed E-state index contributed by atoms with van der Waals surface area (Å²) < 4.78 is 40.2. The summed E-state index contributed by atoms with van der Waals surface area (Å²) in [7, 11) is 0. The summed E-state index contributed by atoms with van der Waals surface area (Å²) in [6.45, 7) is 2.23. The van der Waals surface area contributed by atoms with Crippen LogP contribution in [0.15, 0.2) is 36.4 Å². The van der Waals surface area contributed by atoms with Crippen LogP contribution < -0.4 is 0 Å². The zero-order chi connectivity index (χ0) is 17.5. The maximum Gasteiger partial charge on any atom is 0.396 e. The van der Waals surface area contributed by atoms with Gasteiger partial charge in [-0.05, 0) is 24.6 Å². The minimum Gasteiger partial charge on any atom is -0.323 e. The van der Waals surface area contributed by atoms with Crippen LogP contribution in [0.3, 0.4) is 0 Å². The fraction of sp³-hybridized carbons (Fsp3) is 0.235. The van der Waals surface area contributed by atoms with Gasteiger partial charge in [0.05, 0.1) is 21.1 Å². The molecular weight excluding hydrogens is 360 g/mol. The third kappa shape index (κ3) is 3.68. The highest BCUT2D eigenvalue weighted by atomic mass is 35.5. The van der Waals surface area contributed by atoms with Crippen molar-refractivity contribution < 1.29 is 13.2 Å². The second-order valence-electron chi connectivity index (χ2n) is 5.65. The normalized spacial score (nSPS) is 12.1. The van der Waals surface area contributed by atoms with Gasteiger partial charge in [0.15, 0.2) is 0 Å². The second-order valence-corrected chi connectivity index (χ2v) is 6.46. The Kier molecular flexibility index (Phi) is 4.49. The molecule has 0 fully saturated rings. The zero-order valence-corrected chi connectivity index (χ0v) is 14.2. The van der Waals surface area contributed by atoms with Crippen molar-refractivity contribution in [1.82, 2.24) is 9.55 Å². The molecule has 0 unspecified atom stereocenters. The van der Waals surface area contributed by atoms with Crippen LogP contribution >= 0.6 is 23.2 Å². The molecule has 0 N–H and O–H groups in total. The number of benzene rings is 2. The van der Waals surface area contributed by atoms with E-state index < -0.39 is 12.6 Å². The highest BCUT2D eigenvalue weighted by molar-refractivity contribution is 6.42. The number of fused-ring (bicyclic) bond motifs is 1. The van der Waals surface area contributed by atoms with E-state index in [0.29, 0.717) is 11.0 Å². The predicted octanol–water partition coefficient (Wildman–Crippen LogP) is 5.80. The van der Waals surface area contributed by atoms with E-state index in [1.807, 2.05) is 31.2 Å². The summed E-state index contributed by atoms with van der Waals surface area (Å²) in [5.74, 6) is -0.0589. The Balaban J connectivity index is 2.12. The first-order valence-electron chi connectivity index (χ1n) is 7.19. The van der Waals surface area contributed by atoms with Crippen LogP contribution in [-0.2, 0) is 13.0 Å². The van der Waals surface area contributed by atoms with Gasteiger partial charge in [0.25, 0.3) is 0 Å². The molecule has 0 aliphatic heterocycles. The van der Waals surface area contributed by atoms with E-state index in [1.165, 1.54) is 10.6 Å². The molecule has 1 heterocycles. The lowest BCUT2D eigenvalue weighted by Crippen LogP contribution is -2.16. The van der Waals surface area contributed by atoms with Crippen molar-refractivity contribution in [2.24, 2.45) is 0 Å². The van der Waals surface area contributed by atoms with E-state index >= 15 is 0 Å². The predicted molar refractivity (Wildman–Crippen MR) is 89.8 cm³/mol. The van der Waals surface area contributed by atoms with Crippen LogP contribution in [0.5, 0.6) is 0 Å². The Morgan fingerprint density at radius 2 is 1.67 bits per heavy atom. The van der Waals surface area contributed by atoms with Crippen molar-refractivity contribution in [1.29, 1.82) is 0 Å². The molecule has 0 saturated carbocycles. The van der Waals surface area contributed by atoms with Crippen molar-refractivity contribution in [2.75, 3.05) is 0 Å². The number of aromatic nitrogens is 2. The van der Waals surface area contributed by atoms with Gasteiger partial charge in [0.2, 0.25) is 0 Å². The summed E-state index contributed by atoms with van der Waals surface area (Å²) in [4.78, 5) is 4.11. The third-order valence-corrected chi connectivity index (χ3v) is 4.41. The number of aryl methyl sites for hydroxylation is 1. The van der Waals surface area contributed by atoms with Crippen LogP contribution in [-0.4, -0.2) is 15.7 Å². The molecule has 24 heavy (non-hydrogen) atoms. The molecule has 0 bridgehead atoms. The monoisotopic (exact) mass is 372 g/mol. The van der Waals surface area contributed by atoms with Gasteiger partial charge in [-0.25, -0.2) is 4.98 Å². The molecule has 0 amide bonds. The van der Waals surface area contributed by atoms with Gasteiger partial charge in [0.1, 0.15) is 12.2 Å². The fourth-order valence-corrected chi connectivity index (χ4v) is 2.85. The Hall–Kier alpha value is -1.72. The summed E-state index contributed by atoms with van der Waals surface area (Å²) in [5, 5.41) is 0.551. The minimum atomic E-state index is -4.35. The molecule has 0 aliphatic carbocycles. The van der Waals surface area contributed by atoms with Crippen molar-refractivity contribution in [3.8, 4) is 0 Å². The summed E-state index contributed by atoms with van der Waals surface area (Å²) in [6.07, 6.45) is -5.46. The molecule has 0 radical (unpaired) electrons. The number of nitrogens with zero attached hydrogens (tertiary/aromatic N) is 2. The van der Waals surface area contributed by atoms with Crippen molar-refractivity contribution in [3.63, 3.8) is 0 Å². The molecular formula is C17H13Cl2F3N2. The number of hydrogen-bond acceptors (Lipinski definition) is 1. The summed E-state index contributed by atoms with van der Waals surface area (Å²) in [6, 6.07) is 10.7. The Labute approximate surface area is 146 Å². The first-order valence-corrected chi connectivity index (χ1v) is 7.95. The topological polar surface area (TPSA) is 17.8 Å². The molecule has 0 aliphatic rings. The number of alkyl halides is 3. The zero-order valence-electron chi connectivity index (χ0n) is 12.7. The van der Waals surface area contributed by atoms with Gasteiger partial charge in [-0.1, -0.05) is 53.0 Å². The van der Waals surface area contributed by atoms with E-state index in [0.717, 1.165) is 11.1 Å². The summed E-state index contributed by atoms with van der Waals surface area (Å²) >= 11 is 12.0. The molecule has 3 aromatic rings. The number of rotatable bonds is 3. The van der Waals surface area contributed by atoms with Crippen LogP contribution in [0.2, 0.25) is 10.0 Å². The molecule has 7 heteroatoms. The average molecular weight is 373 g/mol. The maximum atomic E-state index is 12.9. The van der Waals surface area contributed by atoms with E-state index in [4.69, 9.17) is 23.2 Å². The van der Waals surface area contributed by atoms with Crippen LogP contribution in [0.25, 0.3) is 11.0 Å². The SMILES string of the molecule is Cc1ccc(Cn2c(CC(F)(F)F)nc3cc(Cl)c(Cl)cc32)cc1. The highest BCUT2D eigenvalue weighted by Gasteiger charge is 2.31. The molecule has 0 spiro atoms. The van der Waals surface area contributed by atoms with E-state index in [2.05, 4.69) is 4.98 Å². The van der Waals surface area contributed by atoms with Gasteiger partial charge >= 0.3 is 6.18 Å². The van der Waals surface area contributed by atoms with Gasteiger partial charge < -0.3 is 4.57 Å². The average Bonchev–Trinajstić information content (AvgIpc) is 2.77. The fourth-order valence-electron chi connectivity index (χ4n) is 2.54. The first-order chi connectivity index (χ1) is 11.2. The number of imidazole rings is 1. The maximum absolute atomic E-state index is 12.9. The molecule has 2 aromatic carbocycles. The van der Waals surface area contributed by atoms with E-state index in [9.17, 15) is 13.2 Å². The number of halogens is 5. The molecule has 1 aromatic heterocycles. The smallest absolute Gasteiger partial charge is 0.323 e. The van der Waals surface area contributed by atoms with Crippen molar-refractivity contribution in [3.05, 3.63) is 63.4 Å². The van der Waals surface area contributed by atoms with Crippen molar-refractivity contribution in [2.45, 2.75) is 26.1 Å². The lowest BCUT2D eigenvalue weighted by atomic mass is 10.1. The Morgan fingerprint density at radius 1 is 1.04 bits per heavy atom. The van der Waals surface area contributed by atoms with Gasteiger partial charge in [-0.2, -0.15) is 13.2 Å².